The number of ether oxygens (including phenoxy) is 1. The number of nitrogens with one attached hydrogen (secondary N) is 2. The Hall–Kier alpha value is -3.18. The number of aromatic nitrogens is 6. The van der Waals surface area contributed by atoms with Crippen LogP contribution in [0.3, 0.4) is 0 Å². The predicted octanol–water partition coefficient (Wildman–Crippen LogP) is -4.05. The molecule has 174 valence electrons. The van der Waals surface area contributed by atoms with Gasteiger partial charge in [-0.15, -0.1) is 0 Å². The molecule has 1 saturated heterocycles. The Labute approximate surface area is 176 Å². The Morgan fingerprint density at radius 3 is 2.41 bits per heavy atom. The van der Waals surface area contributed by atoms with Crippen LogP contribution in [0.1, 0.15) is 0 Å². The number of hydrogen-bond acceptors (Lipinski definition) is 12. The molecule has 3 aromatic rings. The molecular weight excluding hydrogens is 455 g/mol. The summed E-state index contributed by atoms with van der Waals surface area (Å²) in [6.07, 6.45) is -3.26. The van der Waals surface area contributed by atoms with E-state index in [0.29, 0.717) is 10.4 Å². The monoisotopic (exact) mass is 474 g/mol. The minimum atomic E-state index is -5.33. The highest BCUT2D eigenvalue weighted by Crippen LogP contribution is 2.61. The number of nitrogens with zero attached hydrogens (tertiary/aromatic N) is 4. The van der Waals surface area contributed by atoms with E-state index in [2.05, 4.69) is 24.9 Å². The van der Waals surface area contributed by atoms with Crippen LogP contribution in [0.4, 0.5) is 11.8 Å². The Morgan fingerprint density at radius 2 is 1.91 bits per heavy atom. The van der Waals surface area contributed by atoms with Crippen LogP contribution in [0.2, 0.25) is 0 Å². The molecule has 4 heterocycles. The lowest BCUT2D eigenvalue weighted by Crippen LogP contribution is -2.45. The normalized spacial score (nSPS) is 25.5. The van der Waals surface area contributed by atoms with Crippen LogP contribution in [0.15, 0.2) is 28.2 Å². The number of H-pyrrole nitrogens is 2. The van der Waals surface area contributed by atoms with Crippen molar-refractivity contribution in [1.29, 1.82) is 0 Å². The highest BCUT2D eigenvalue weighted by Gasteiger charge is 2.66. The zero-order valence-electron chi connectivity index (χ0n) is 15.9. The molecule has 0 unspecified atom stereocenters. The molecule has 11 N–H and O–H groups in total. The Kier molecular flexibility index (Phi) is 6.16. The van der Waals surface area contributed by atoms with Crippen molar-refractivity contribution in [2.45, 2.75) is 23.8 Å². The number of nitrogens with two attached hydrogens (primary N) is 2. The Bertz CT molecular complexity index is 1280. The van der Waals surface area contributed by atoms with Gasteiger partial charge in [0.15, 0.2) is 11.2 Å². The molecule has 32 heavy (non-hydrogen) atoms. The van der Waals surface area contributed by atoms with Crippen molar-refractivity contribution in [3.63, 3.8) is 0 Å². The maximum atomic E-state index is 12.1. The lowest BCUT2D eigenvalue weighted by atomic mass is 10.1. The molecule has 18 heteroatoms. The van der Waals surface area contributed by atoms with Crippen LogP contribution in [-0.2, 0) is 14.8 Å². The third-order valence-electron chi connectivity index (χ3n) is 4.48. The fourth-order valence-corrected chi connectivity index (χ4v) is 4.25. The first-order chi connectivity index (χ1) is 14.9. The zero-order chi connectivity index (χ0) is 23.8. The summed E-state index contributed by atoms with van der Waals surface area (Å²) in [6, 6.07) is 1.52. The van der Waals surface area contributed by atoms with E-state index in [-0.39, 0.29) is 17.1 Å². The number of nitrogen functional groups attached to an aromatic ring is 2. The second-order valence-corrected chi connectivity index (χ2v) is 8.27. The zero-order valence-corrected chi connectivity index (χ0v) is 16.8. The quantitative estimate of drug-likeness (QED) is 0.163. The van der Waals surface area contributed by atoms with Crippen molar-refractivity contribution in [3.05, 3.63) is 39.4 Å². The number of hydrogen-bond donors (Lipinski definition) is 9. The standard InChI is InChI=1S/C10H14N5O8P.C4H5N3O/c11-9-13-7-4(8(19)14-9)12-2-15(7)10(24(20,21)22)6(18)5(17)3(1-16)23-10;5-3-1-2-6-4(8)7-3/h2-3,5-6,16-18H,1H2,(H2,20,21,22)(H3,11,13,14,19);1-2H,(H3,5,6,7,8)/t3-,5-,6-,10+;/m1./s1. The fraction of sp³-hybridized carbons (Fsp3) is 0.357. The summed E-state index contributed by atoms with van der Waals surface area (Å²) in [6.45, 7) is -0.817. The van der Waals surface area contributed by atoms with Gasteiger partial charge >= 0.3 is 13.3 Å². The molecular formula is C14H19N8O9P. The molecule has 4 rings (SSSR count). The van der Waals surface area contributed by atoms with Crippen LogP contribution >= 0.6 is 7.60 Å². The van der Waals surface area contributed by atoms with Crippen molar-refractivity contribution in [3.8, 4) is 0 Å². The molecule has 1 aliphatic heterocycles. The summed E-state index contributed by atoms with van der Waals surface area (Å²) in [4.78, 5) is 56.8. The van der Waals surface area contributed by atoms with Gasteiger partial charge in [-0.25, -0.2) is 14.8 Å². The number of aliphatic hydroxyl groups excluding tert-OH is 3. The third kappa shape index (κ3) is 3.89. The Morgan fingerprint density at radius 1 is 1.22 bits per heavy atom. The lowest BCUT2D eigenvalue weighted by Gasteiger charge is -2.33. The molecule has 0 aromatic carbocycles. The number of imidazole rings is 1. The van der Waals surface area contributed by atoms with Crippen LogP contribution in [-0.4, -0.2) is 79.5 Å². The summed E-state index contributed by atoms with van der Waals surface area (Å²) in [5.41, 5.74) is 5.89. The van der Waals surface area contributed by atoms with Crippen LogP contribution in [0.5, 0.6) is 0 Å². The summed E-state index contributed by atoms with van der Waals surface area (Å²) in [7, 11) is -5.33. The number of aromatic amines is 2. The molecule has 1 aliphatic rings. The maximum Gasteiger partial charge on any atom is 0.381 e. The highest BCUT2D eigenvalue weighted by atomic mass is 31.2. The van der Waals surface area contributed by atoms with Crippen molar-refractivity contribution in [2.24, 2.45) is 0 Å². The molecule has 0 spiro atoms. The molecule has 0 amide bonds. The number of aliphatic hydroxyl groups is 3. The van der Waals surface area contributed by atoms with Crippen molar-refractivity contribution in [2.75, 3.05) is 18.1 Å². The van der Waals surface area contributed by atoms with Gasteiger partial charge in [0.05, 0.1) is 6.61 Å². The smallest absolute Gasteiger partial charge is 0.381 e. The minimum Gasteiger partial charge on any atom is -0.394 e. The van der Waals surface area contributed by atoms with Gasteiger partial charge in [-0.2, -0.15) is 4.98 Å². The maximum absolute atomic E-state index is 12.1. The first kappa shape index (κ1) is 23.5. The van der Waals surface area contributed by atoms with Gasteiger partial charge in [0.1, 0.15) is 30.5 Å². The molecule has 0 bridgehead atoms. The molecule has 1 fully saturated rings. The van der Waals surface area contributed by atoms with E-state index in [1.165, 1.54) is 12.3 Å². The van der Waals surface area contributed by atoms with Gasteiger partial charge < -0.3 is 41.3 Å². The van der Waals surface area contributed by atoms with Crippen molar-refractivity contribution in [1.82, 2.24) is 29.5 Å². The average molecular weight is 474 g/mol. The summed E-state index contributed by atoms with van der Waals surface area (Å²) in [5, 5.41) is 29.3. The highest BCUT2D eigenvalue weighted by molar-refractivity contribution is 7.52. The van der Waals surface area contributed by atoms with E-state index in [1.54, 1.807) is 0 Å². The van der Waals surface area contributed by atoms with Gasteiger partial charge in [-0.1, -0.05) is 0 Å². The van der Waals surface area contributed by atoms with E-state index in [4.69, 9.17) is 16.2 Å². The average Bonchev–Trinajstić information content (AvgIpc) is 3.22. The molecule has 0 saturated carbocycles. The van der Waals surface area contributed by atoms with Gasteiger partial charge in [0.25, 0.3) is 11.0 Å². The second-order valence-electron chi connectivity index (χ2n) is 6.55. The van der Waals surface area contributed by atoms with E-state index in [9.17, 15) is 39.3 Å². The molecule has 3 aromatic heterocycles. The van der Waals surface area contributed by atoms with Crippen LogP contribution in [0.25, 0.3) is 11.2 Å². The predicted molar refractivity (Wildman–Crippen MR) is 106 cm³/mol. The second kappa shape index (κ2) is 8.40. The summed E-state index contributed by atoms with van der Waals surface area (Å²) < 4.78 is 17.9. The first-order valence-corrected chi connectivity index (χ1v) is 10.3. The minimum absolute atomic E-state index is 0.310. The van der Waals surface area contributed by atoms with Gasteiger partial charge in [0, 0.05) is 6.20 Å². The number of fused-ring (bicyclic) bond motifs is 1. The molecule has 0 aliphatic carbocycles. The largest absolute Gasteiger partial charge is 0.394 e. The number of rotatable bonds is 3. The fourth-order valence-electron chi connectivity index (χ4n) is 3.06. The molecule has 4 atom stereocenters. The van der Waals surface area contributed by atoms with Crippen LogP contribution in [0, 0.1) is 0 Å². The number of anilines is 2. The van der Waals surface area contributed by atoms with E-state index in [0.717, 1.165) is 6.33 Å². The third-order valence-corrected chi connectivity index (χ3v) is 5.90. The van der Waals surface area contributed by atoms with Gasteiger partial charge in [-0.3, -0.25) is 23.9 Å². The van der Waals surface area contributed by atoms with E-state index < -0.39 is 49.2 Å². The topological polar surface area (TPSA) is 289 Å². The Balaban J connectivity index is 0.000000305. The summed E-state index contributed by atoms with van der Waals surface area (Å²) >= 11 is 0. The van der Waals surface area contributed by atoms with Crippen molar-refractivity contribution >= 4 is 30.5 Å². The first-order valence-electron chi connectivity index (χ1n) is 8.67. The van der Waals surface area contributed by atoms with Crippen molar-refractivity contribution < 1.29 is 34.4 Å². The van der Waals surface area contributed by atoms with Gasteiger partial charge in [-0.05, 0) is 6.07 Å². The molecule has 0 radical (unpaired) electrons. The van der Waals surface area contributed by atoms with E-state index in [1.807, 2.05) is 0 Å². The SMILES string of the molecule is Nc1ccnc(=O)[nH]1.Nc1nc2c(ncn2[C@]2(P(=O)(O)O)O[C@H](CO)[C@@H](O)[C@H]2O)c(=O)[nH]1. The van der Waals surface area contributed by atoms with E-state index >= 15 is 0 Å². The van der Waals surface area contributed by atoms with Crippen LogP contribution < -0.4 is 22.7 Å². The van der Waals surface area contributed by atoms with Gasteiger partial charge in [0.2, 0.25) is 5.95 Å². The lowest BCUT2D eigenvalue weighted by molar-refractivity contribution is -0.0985. The molecule has 17 nitrogen and oxygen atoms in total. The summed E-state index contributed by atoms with van der Waals surface area (Å²) in [5.74, 6) is -0.0214.